The second-order valence-electron chi connectivity index (χ2n) is 4.75. The average molecular weight is 394 g/mol. The smallest absolute Gasteiger partial charge is 0.289 e. The van der Waals surface area contributed by atoms with Gasteiger partial charge in [0.05, 0.1) is 4.92 Å². The lowest BCUT2D eigenvalue weighted by molar-refractivity contribution is -0.387. The molecule has 0 amide bonds. The summed E-state index contributed by atoms with van der Waals surface area (Å²) in [5.74, 6) is -7.28. The van der Waals surface area contributed by atoms with Crippen LogP contribution in [0.2, 0.25) is 0 Å². The van der Waals surface area contributed by atoms with E-state index < -0.39 is 67.8 Å². The van der Waals surface area contributed by atoms with Gasteiger partial charge in [0, 0.05) is 19.2 Å². The van der Waals surface area contributed by atoms with Crippen molar-refractivity contribution in [3.8, 4) is 0 Å². The van der Waals surface area contributed by atoms with Crippen LogP contribution in [0.5, 0.6) is 0 Å². The molecule has 0 atom stereocenters. The molecule has 0 radical (unpaired) electrons. The number of hydrogen-bond donors (Lipinski definition) is 2. The van der Waals surface area contributed by atoms with Gasteiger partial charge >= 0.3 is 0 Å². The van der Waals surface area contributed by atoms with Crippen molar-refractivity contribution in [3.63, 3.8) is 0 Å². The van der Waals surface area contributed by atoms with E-state index in [9.17, 15) is 36.1 Å². The molecule has 2 N–H and O–H groups in total. The second-order valence-corrected chi connectivity index (χ2v) is 6.48. The Morgan fingerprint density at radius 3 is 2.19 bits per heavy atom. The van der Waals surface area contributed by atoms with Crippen molar-refractivity contribution in [3.05, 3.63) is 57.9 Å². The van der Waals surface area contributed by atoms with Crippen LogP contribution < -0.4 is 10.0 Å². The predicted octanol–water partition coefficient (Wildman–Crippen LogP) is 1.94. The molecule has 1 heterocycles. The van der Waals surface area contributed by atoms with Crippen molar-refractivity contribution < 1.29 is 30.9 Å². The van der Waals surface area contributed by atoms with Gasteiger partial charge in [0.1, 0.15) is 5.69 Å². The van der Waals surface area contributed by atoms with Crippen LogP contribution in [0.15, 0.2) is 29.2 Å². The lowest BCUT2D eigenvalue weighted by Crippen LogP contribution is -2.29. The number of nitro benzene ring substituents is 1. The number of aromatic nitrogens is 1. The molecule has 0 saturated carbocycles. The maximum Gasteiger partial charge on any atom is 0.289 e. The third-order valence-corrected chi connectivity index (χ3v) is 4.58. The molecular formula is C13H10F4N4O4S. The van der Waals surface area contributed by atoms with Gasteiger partial charge in [-0.25, -0.2) is 13.1 Å². The number of halogens is 4. The summed E-state index contributed by atoms with van der Waals surface area (Å²) in [4.78, 5) is 11.7. The van der Waals surface area contributed by atoms with Gasteiger partial charge in [0.15, 0.2) is 4.90 Å². The summed E-state index contributed by atoms with van der Waals surface area (Å²) in [6, 6.07) is 4.53. The lowest BCUT2D eigenvalue weighted by Gasteiger charge is -2.10. The molecule has 0 aliphatic carbocycles. The molecule has 13 heteroatoms. The number of anilines is 1. The SMILES string of the molecule is O=[N+]([O-])c1ccccc1S(=O)(=O)NCCNc1c(F)c(F)nc(F)c1F. The summed E-state index contributed by atoms with van der Waals surface area (Å²) in [7, 11) is -4.31. The van der Waals surface area contributed by atoms with E-state index in [1.165, 1.54) is 12.1 Å². The highest BCUT2D eigenvalue weighted by Crippen LogP contribution is 2.23. The number of para-hydroxylation sites is 1. The van der Waals surface area contributed by atoms with Crippen LogP contribution in [0.3, 0.4) is 0 Å². The minimum Gasteiger partial charge on any atom is -0.379 e. The molecule has 2 rings (SSSR count). The Hall–Kier alpha value is -2.80. The summed E-state index contributed by atoms with van der Waals surface area (Å²) in [5.41, 5.74) is -1.82. The van der Waals surface area contributed by atoms with Crippen LogP contribution in [0.4, 0.5) is 28.9 Å². The molecule has 0 bridgehead atoms. The van der Waals surface area contributed by atoms with Crippen LogP contribution >= 0.6 is 0 Å². The van der Waals surface area contributed by atoms with Gasteiger partial charge in [-0.1, -0.05) is 12.1 Å². The first-order chi connectivity index (χ1) is 12.1. The van der Waals surface area contributed by atoms with Crippen molar-refractivity contribution >= 4 is 21.4 Å². The maximum absolute atomic E-state index is 13.4. The summed E-state index contributed by atoms with van der Waals surface area (Å²) in [5, 5.41) is 12.9. The number of nitro groups is 1. The Bertz CT molecular complexity index is 929. The van der Waals surface area contributed by atoms with Crippen molar-refractivity contribution in [2.75, 3.05) is 18.4 Å². The van der Waals surface area contributed by atoms with E-state index in [0.29, 0.717) is 0 Å². The van der Waals surface area contributed by atoms with Crippen LogP contribution in [0.1, 0.15) is 0 Å². The normalized spacial score (nSPS) is 11.4. The monoisotopic (exact) mass is 394 g/mol. The zero-order chi connectivity index (χ0) is 19.5. The molecule has 0 fully saturated rings. The first kappa shape index (κ1) is 19.5. The quantitative estimate of drug-likeness (QED) is 0.244. The van der Waals surface area contributed by atoms with Gasteiger partial charge in [-0.2, -0.15) is 22.5 Å². The summed E-state index contributed by atoms with van der Waals surface area (Å²) in [6.45, 7) is -0.963. The second kappa shape index (κ2) is 7.61. The number of pyridine rings is 1. The summed E-state index contributed by atoms with van der Waals surface area (Å²) < 4.78 is 78.8. The zero-order valence-electron chi connectivity index (χ0n) is 12.7. The van der Waals surface area contributed by atoms with Crippen molar-refractivity contribution in [2.45, 2.75) is 4.90 Å². The first-order valence-corrected chi connectivity index (χ1v) is 8.30. The highest BCUT2D eigenvalue weighted by molar-refractivity contribution is 7.89. The Morgan fingerprint density at radius 1 is 1.04 bits per heavy atom. The molecule has 0 aliphatic rings. The molecule has 0 unspecified atom stereocenters. The van der Waals surface area contributed by atoms with Gasteiger partial charge < -0.3 is 5.32 Å². The highest BCUT2D eigenvalue weighted by Gasteiger charge is 2.25. The van der Waals surface area contributed by atoms with E-state index in [-0.39, 0.29) is 0 Å². The molecule has 1 aromatic carbocycles. The third kappa shape index (κ3) is 4.05. The lowest BCUT2D eigenvalue weighted by atomic mass is 10.3. The Morgan fingerprint density at radius 2 is 1.62 bits per heavy atom. The average Bonchev–Trinajstić information content (AvgIpc) is 2.59. The van der Waals surface area contributed by atoms with E-state index in [2.05, 4.69) is 4.98 Å². The zero-order valence-corrected chi connectivity index (χ0v) is 13.5. The van der Waals surface area contributed by atoms with Gasteiger partial charge in [-0.05, 0) is 6.07 Å². The van der Waals surface area contributed by atoms with Crippen LogP contribution in [-0.4, -0.2) is 31.4 Å². The van der Waals surface area contributed by atoms with Gasteiger partial charge in [-0.15, -0.1) is 0 Å². The van der Waals surface area contributed by atoms with Crippen molar-refractivity contribution in [1.82, 2.24) is 9.71 Å². The minimum absolute atomic E-state index is 0.476. The van der Waals surface area contributed by atoms with Crippen LogP contribution in [-0.2, 0) is 10.0 Å². The van der Waals surface area contributed by atoms with Crippen LogP contribution in [0.25, 0.3) is 0 Å². The molecule has 2 aromatic rings. The Balaban J connectivity index is 2.08. The molecule has 0 aliphatic heterocycles. The number of nitrogens with zero attached hydrogens (tertiary/aromatic N) is 2. The van der Waals surface area contributed by atoms with E-state index in [4.69, 9.17) is 0 Å². The fourth-order valence-corrected chi connectivity index (χ4v) is 3.13. The first-order valence-electron chi connectivity index (χ1n) is 6.82. The van der Waals surface area contributed by atoms with Gasteiger partial charge in [-0.3, -0.25) is 10.1 Å². The highest BCUT2D eigenvalue weighted by atomic mass is 32.2. The van der Waals surface area contributed by atoms with Crippen LogP contribution in [0, 0.1) is 33.6 Å². The summed E-state index contributed by atoms with van der Waals surface area (Å²) in [6.07, 6.45) is 0. The van der Waals surface area contributed by atoms with Gasteiger partial charge in [0.2, 0.25) is 21.7 Å². The maximum atomic E-state index is 13.4. The molecule has 140 valence electrons. The number of nitrogens with one attached hydrogen (secondary N) is 2. The third-order valence-electron chi connectivity index (χ3n) is 3.07. The topological polar surface area (TPSA) is 114 Å². The van der Waals surface area contributed by atoms with E-state index in [1.54, 1.807) is 0 Å². The summed E-state index contributed by atoms with van der Waals surface area (Å²) >= 11 is 0. The largest absolute Gasteiger partial charge is 0.379 e. The molecule has 0 spiro atoms. The molecule has 8 nitrogen and oxygen atoms in total. The van der Waals surface area contributed by atoms with Gasteiger partial charge in [0.25, 0.3) is 17.6 Å². The number of rotatable bonds is 7. The molecular weight excluding hydrogens is 384 g/mol. The molecule has 26 heavy (non-hydrogen) atoms. The Labute approximate surface area is 144 Å². The van der Waals surface area contributed by atoms with E-state index in [1.807, 2.05) is 10.0 Å². The number of benzene rings is 1. The minimum atomic E-state index is -4.31. The fourth-order valence-electron chi connectivity index (χ4n) is 1.93. The van der Waals surface area contributed by atoms with E-state index >= 15 is 0 Å². The van der Waals surface area contributed by atoms with Crippen molar-refractivity contribution in [1.29, 1.82) is 0 Å². The van der Waals surface area contributed by atoms with Crippen molar-refractivity contribution in [2.24, 2.45) is 0 Å². The molecule has 1 aromatic heterocycles. The predicted molar refractivity (Wildman–Crippen MR) is 80.8 cm³/mol. The van der Waals surface area contributed by atoms with E-state index in [0.717, 1.165) is 12.1 Å². The molecule has 0 saturated heterocycles. The standard InChI is InChI=1S/C13H10F4N4O4S/c14-9-11(10(15)13(17)20-12(9)16)18-5-6-19-26(24,25)8-4-2-1-3-7(8)21(22)23/h1-4,19H,5-6H2,(H,18,20). The number of sulfonamides is 1. The number of hydrogen-bond acceptors (Lipinski definition) is 6. The fraction of sp³-hybridized carbons (Fsp3) is 0.154. The Kier molecular flexibility index (Phi) is 5.72.